The van der Waals surface area contributed by atoms with Crippen LogP contribution in [0.2, 0.25) is 5.02 Å². The molecule has 1 fully saturated rings. The Kier molecular flexibility index (Phi) is 3.84. The van der Waals surface area contributed by atoms with Crippen LogP contribution in [0.25, 0.3) is 0 Å². The lowest BCUT2D eigenvalue weighted by Gasteiger charge is -2.26. The molecule has 2 rings (SSSR count). The van der Waals surface area contributed by atoms with Gasteiger partial charge < -0.3 is 5.32 Å². The summed E-state index contributed by atoms with van der Waals surface area (Å²) in [4.78, 5) is 32.1. The minimum atomic E-state index is -1.01. The summed E-state index contributed by atoms with van der Waals surface area (Å²) in [5.41, 5.74) is -0.0399. The predicted molar refractivity (Wildman–Crippen MR) is 69.0 cm³/mol. The van der Waals surface area contributed by atoms with E-state index in [0.717, 1.165) is 6.07 Å². The molecule has 0 radical (unpaired) electrons. The van der Waals surface area contributed by atoms with Crippen LogP contribution in [-0.4, -0.2) is 21.8 Å². The maximum Gasteiger partial charge on any atom is 0.288 e. The minimum absolute atomic E-state index is 0.0569. The number of carbonyl (C=O) groups is 1. The molecule has 0 unspecified atom stereocenters. The number of hydrogen-bond donors (Lipinski definition) is 1. The van der Waals surface area contributed by atoms with Gasteiger partial charge in [0.1, 0.15) is 11.1 Å². The largest absolute Gasteiger partial charge is 0.343 e. The number of nitrogens with one attached hydrogen (secondary N) is 1. The van der Waals surface area contributed by atoms with Crippen LogP contribution in [0.3, 0.4) is 0 Å². The fourth-order valence-electron chi connectivity index (χ4n) is 2.18. The molecule has 1 heterocycles. The summed E-state index contributed by atoms with van der Waals surface area (Å²) in [6.07, 6.45) is 0.164. The molecule has 1 aliphatic rings. The minimum Gasteiger partial charge on any atom is -0.343 e. The van der Waals surface area contributed by atoms with E-state index in [1.165, 1.54) is 12.1 Å². The summed E-state index contributed by atoms with van der Waals surface area (Å²) in [5.74, 6) is -0.314. The second-order valence-electron chi connectivity index (χ2n) is 4.40. The van der Waals surface area contributed by atoms with Gasteiger partial charge in [0.15, 0.2) is 0 Å². The van der Waals surface area contributed by atoms with E-state index < -0.39 is 21.9 Å². The zero-order valence-corrected chi connectivity index (χ0v) is 10.9. The van der Waals surface area contributed by atoms with E-state index in [-0.39, 0.29) is 29.5 Å². The third kappa shape index (κ3) is 2.69. The van der Waals surface area contributed by atoms with E-state index in [0.29, 0.717) is 5.56 Å². The summed E-state index contributed by atoms with van der Waals surface area (Å²) in [6.45, 7) is 0. The number of nitro benzene ring substituents is 1. The van der Waals surface area contributed by atoms with Gasteiger partial charge in [-0.25, -0.2) is 0 Å². The predicted octanol–water partition coefficient (Wildman–Crippen LogP) is 1.84. The number of amides is 1. The van der Waals surface area contributed by atoms with Crippen LogP contribution in [0.4, 0.5) is 5.69 Å². The van der Waals surface area contributed by atoms with Crippen molar-refractivity contribution in [2.45, 2.75) is 24.9 Å². The summed E-state index contributed by atoms with van der Waals surface area (Å²) in [5, 5.41) is 24.3. The molecule has 1 aromatic rings. The molecule has 0 bridgehead atoms. The Morgan fingerprint density at radius 1 is 1.30 bits per heavy atom. The van der Waals surface area contributed by atoms with Gasteiger partial charge in [-0.2, -0.15) is 0 Å². The molecule has 20 heavy (non-hydrogen) atoms. The van der Waals surface area contributed by atoms with Crippen LogP contribution in [-0.2, 0) is 4.79 Å². The average Bonchev–Trinajstić information content (AvgIpc) is 2.38. The van der Waals surface area contributed by atoms with Gasteiger partial charge >= 0.3 is 0 Å². The van der Waals surface area contributed by atoms with Crippen LogP contribution in [0.5, 0.6) is 0 Å². The number of hydrogen-bond acceptors (Lipinski definition) is 5. The Bertz CT molecular complexity index is 591. The molecule has 1 aromatic carbocycles. The first-order valence-electron chi connectivity index (χ1n) is 5.77. The molecule has 9 heteroatoms. The van der Waals surface area contributed by atoms with Crippen molar-refractivity contribution in [3.8, 4) is 0 Å². The van der Waals surface area contributed by atoms with Crippen molar-refractivity contribution in [2.24, 2.45) is 0 Å². The summed E-state index contributed by atoms with van der Waals surface area (Å²) >= 11 is 5.69. The molecule has 0 saturated carbocycles. The zero-order valence-electron chi connectivity index (χ0n) is 10.1. The fraction of sp³-hybridized carbons (Fsp3) is 0.364. The molecule has 1 amide bonds. The second kappa shape index (κ2) is 5.41. The fourth-order valence-corrected chi connectivity index (χ4v) is 2.37. The molecule has 2 atom stereocenters. The van der Waals surface area contributed by atoms with E-state index in [1.807, 2.05) is 0 Å². The van der Waals surface area contributed by atoms with Gasteiger partial charge in [0.05, 0.1) is 4.92 Å². The van der Waals surface area contributed by atoms with Gasteiger partial charge in [0.25, 0.3) is 5.69 Å². The Labute approximate surface area is 118 Å². The van der Waals surface area contributed by atoms with E-state index in [9.17, 15) is 25.0 Å². The molecule has 0 aromatic heterocycles. The first kappa shape index (κ1) is 14.2. The second-order valence-corrected chi connectivity index (χ2v) is 4.81. The molecule has 0 aliphatic carbocycles. The Balaban J connectivity index is 2.41. The van der Waals surface area contributed by atoms with Crippen LogP contribution in [0, 0.1) is 20.2 Å². The van der Waals surface area contributed by atoms with Crippen molar-refractivity contribution >= 4 is 23.2 Å². The number of rotatable bonds is 3. The number of benzene rings is 1. The zero-order chi connectivity index (χ0) is 14.9. The highest BCUT2D eigenvalue weighted by Crippen LogP contribution is 2.32. The SMILES string of the molecule is O=C1CC[C@@H]([N+](=O)[O-])[C@@H](c2ccc(Cl)c([N+](=O)[O-])c2)N1. The van der Waals surface area contributed by atoms with Crippen LogP contribution >= 0.6 is 11.6 Å². The monoisotopic (exact) mass is 299 g/mol. The quantitative estimate of drug-likeness (QED) is 0.675. The van der Waals surface area contributed by atoms with Crippen LogP contribution < -0.4 is 5.32 Å². The van der Waals surface area contributed by atoms with Crippen molar-refractivity contribution in [3.63, 3.8) is 0 Å². The van der Waals surface area contributed by atoms with Crippen molar-refractivity contribution in [1.82, 2.24) is 5.32 Å². The molecule has 1 aliphatic heterocycles. The molecule has 1 N–H and O–H groups in total. The van der Waals surface area contributed by atoms with E-state index in [2.05, 4.69) is 5.32 Å². The summed E-state index contributed by atoms with van der Waals surface area (Å²) < 4.78 is 0. The lowest BCUT2D eigenvalue weighted by Crippen LogP contribution is -2.45. The molecule has 8 nitrogen and oxygen atoms in total. The Hall–Kier alpha value is -2.22. The van der Waals surface area contributed by atoms with Crippen LogP contribution in [0.15, 0.2) is 18.2 Å². The van der Waals surface area contributed by atoms with Crippen molar-refractivity contribution in [1.29, 1.82) is 0 Å². The Morgan fingerprint density at radius 2 is 2.00 bits per heavy atom. The van der Waals surface area contributed by atoms with Gasteiger partial charge in [-0.1, -0.05) is 17.7 Å². The van der Waals surface area contributed by atoms with E-state index in [1.54, 1.807) is 0 Å². The maximum atomic E-state index is 11.4. The average molecular weight is 300 g/mol. The number of carbonyl (C=O) groups excluding carboxylic acids is 1. The topological polar surface area (TPSA) is 115 Å². The number of halogens is 1. The molecular formula is C11H10ClN3O5. The third-order valence-corrected chi connectivity index (χ3v) is 3.48. The van der Waals surface area contributed by atoms with Crippen molar-refractivity contribution < 1.29 is 14.6 Å². The highest BCUT2D eigenvalue weighted by Gasteiger charge is 2.38. The van der Waals surface area contributed by atoms with Gasteiger partial charge in [0, 0.05) is 23.8 Å². The molecule has 0 spiro atoms. The lowest BCUT2D eigenvalue weighted by atomic mass is 9.92. The highest BCUT2D eigenvalue weighted by molar-refractivity contribution is 6.32. The first-order valence-corrected chi connectivity index (χ1v) is 6.14. The summed E-state index contributed by atoms with van der Waals surface area (Å²) in [7, 11) is 0. The van der Waals surface area contributed by atoms with Gasteiger partial charge in [-0.3, -0.25) is 25.0 Å². The van der Waals surface area contributed by atoms with Gasteiger partial charge in [-0.15, -0.1) is 0 Å². The number of nitrogens with zero attached hydrogens (tertiary/aromatic N) is 2. The molecular weight excluding hydrogens is 290 g/mol. The Morgan fingerprint density at radius 3 is 2.60 bits per heavy atom. The standard InChI is InChI=1S/C11H10ClN3O5/c12-7-2-1-6(5-9(7)15(19)20)11-8(14(17)18)3-4-10(16)13-11/h1-2,5,8,11H,3-4H2,(H,13,16)/t8-,11-/m1/s1. The van der Waals surface area contributed by atoms with E-state index >= 15 is 0 Å². The van der Waals surface area contributed by atoms with Gasteiger partial charge in [-0.05, 0) is 11.6 Å². The normalized spacial score (nSPS) is 22.1. The maximum absolute atomic E-state index is 11.4. The van der Waals surface area contributed by atoms with Crippen molar-refractivity contribution in [3.05, 3.63) is 49.0 Å². The highest BCUT2D eigenvalue weighted by atomic mass is 35.5. The lowest BCUT2D eigenvalue weighted by molar-refractivity contribution is -0.529. The van der Waals surface area contributed by atoms with Crippen LogP contribution in [0.1, 0.15) is 24.4 Å². The smallest absolute Gasteiger partial charge is 0.288 e. The number of nitro groups is 2. The van der Waals surface area contributed by atoms with Gasteiger partial charge in [0.2, 0.25) is 11.9 Å². The molecule has 106 valence electrons. The number of piperidine rings is 1. The molecule has 1 saturated heterocycles. The van der Waals surface area contributed by atoms with E-state index in [4.69, 9.17) is 11.6 Å². The summed E-state index contributed by atoms with van der Waals surface area (Å²) in [6, 6.07) is 2.01. The van der Waals surface area contributed by atoms with Crippen molar-refractivity contribution in [2.75, 3.05) is 0 Å². The third-order valence-electron chi connectivity index (χ3n) is 3.17. The first-order chi connectivity index (χ1) is 9.40.